The van der Waals surface area contributed by atoms with Crippen molar-refractivity contribution in [2.45, 2.75) is 6.92 Å². The van der Waals surface area contributed by atoms with Crippen molar-refractivity contribution >= 4 is 17.0 Å². The van der Waals surface area contributed by atoms with Crippen LogP contribution >= 0.6 is 11.3 Å². The Kier molecular flexibility index (Phi) is 9.39. The fourth-order valence-corrected chi connectivity index (χ4v) is 0.918. The van der Waals surface area contributed by atoms with Gasteiger partial charge in [0.05, 0.1) is 0 Å². The molecule has 0 atom stereocenters. The summed E-state index contributed by atoms with van der Waals surface area (Å²) in [6, 6.07) is 2.82. The fourth-order valence-electron chi connectivity index (χ4n) is 0.396. The first-order chi connectivity index (χ1) is 3.29. The van der Waals surface area contributed by atoms with Crippen molar-refractivity contribution in [3.63, 3.8) is 0 Å². The molecule has 0 amide bonds. The maximum atomic E-state index is 6.97. The average molecular weight is 438 g/mol. The zero-order valence-corrected chi connectivity index (χ0v) is 12.9. The molecule has 0 saturated carbocycles. The molecule has 1 aromatic heterocycles. The van der Waals surface area contributed by atoms with Crippen LogP contribution in [-0.4, -0.2) is 0 Å². The van der Waals surface area contributed by atoms with Gasteiger partial charge < -0.3 is 11.4 Å². The van der Waals surface area contributed by atoms with E-state index < -0.39 is 0 Å². The third kappa shape index (κ3) is 4.98. The van der Waals surface area contributed by atoms with Gasteiger partial charge in [-0.2, -0.15) is 5.38 Å². The zero-order chi connectivity index (χ0) is 5.28. The summed E-state index contributed by atoms with van der Waals surface area (Å²) in [4.78, 5) is 1.09. The molecule has 1 aromatic rings. The van der Waals surface area contributed by atoms with Crippen LogP contribution in [0.3, 0.4) is 0 Å². The van der Waals surface area contributed by atoms with Crippen LogP contribution < -0.4 is 0 Å². The predicted octanol–water partition coefficient (Wildman–Crippen LogP) is 2.54. The molecular formula is C5H5NSUY-2. The number of hydrogen-bond donors (Lipinski definition) is 0. The summed E-state index contributed by atoms with van der Waals surface area (Å²) in [6.45, 7) is 1.95. The number of aryl methyl sites for hydroxylation is 1. The molecule has 4 heteroatoms. The first-order valence-electron chi connectivity index (χ1n) is 1.98. The Morgan fingerprint density at radius 2 is 2.22 bits per heavy atom. The quantitative estimate of drug-likeness (QED) is 0.557. The van der Waals surface area contributed by atoms with Crippen LogP contribution in [0.4, 0.5) is 5.69 Å². The minimum absolute atomic E-state index is 0. The Balaban J connectivity index is 0. The summed E-state index contributed by atoms with van der Waals surface area (Å²) in [5.41, 5.74) is 7.47. The average Bonchev–Trinajstić information content (AvgIpc) is 1.87. The Labute approximate surface area is 108 Å². The predicted molar refractivity (Wildman–Crippen MR) is 31.9 cm³/mol. The van der Waals surface area contributed by atoms with Gasteiger partial charge in [0.2, 0.25) is 0 Å². The molecule has 0 bridgehead atoms. The molecule has 0 saturated heterocycles. The summed E-state index contributed by atoms with van der Waals surface area (Å²) >= 11 is 1.56. The summed E-state index contributed by atoms with van der Waals surface area (Å²) in [5, 5.41) is 1.77. The molecule has 1 N–H and O–H groups in total. The Hall–Kier alpha value is 1.66. The van der Waals surface area contributed by atoms with Crippen molar-refractivity contribution in [1.82, 2.24) is 0 Å². The van der Waals surface area contributed by atoms with Gasteiger partial charge in [0.1, 0.15) is 0 Å². The van der Waals surface area contributed by atoms with Crippen molar-refractivity contribution in [1.29, 1.82) is 0 Å². The molecule has 0 spiro atoms. The number of rotatable bonds is 0. The normalized spacial score (nSPS) is 7.22. The van der Waals surface area contributed by atoms with Crippen LogP contribution in [-0.2, 0) is 32.7 Å². The van der Waals surface area contributed by atoms with Crippen LogP contribution in [0, 0.1) is 44.1 Å². The van der Waals surface area contributed by atoms with E-state index in [4.69, 9.17) is 5.73 Å². The molecular weight excluding hydrogens is 433 g/mol. The molecule has 0 aliphatic rings. The molecule has 0 aromatic carbocycles. The van der Waals surface area contributed by atoms with Crippen molar-refractivity contribution in [3.05, 3.63) is 22.1 Å². The maximum Gasteiger partial charge on any atom is 0 e. The van der Waals surface area contributed by atoms with Gasteiger partial charge in [-0.1, -0.05) is 0 Å². The van der Waals surface area contributed by atoms with Crippen molar-refractivity contribution in [2.24, 2.45) is 0 Å². The van der Waals surface area contributed by atoms with Crippen molar-refractivity contribution in [2.75, 3.05) is 0 Å². The van der Waals surface area contributed by atoms with Crippen LogP contribution in [0.15, 0.2) is 5.38 Å². The zero-order valence-electron chi connectivity index (χ0n) is 5.06. The topological polar surface area (TPSA) is 23.8 Å². The molecule has 1 rings (SSSR count). The standard InChI is InChI=1S/C5H5NS.U.Y/c1-4-2-5(6)3-7-4;;/h3,6H,1H3;;/q-2;;. The minimum Gasteiger partial charge on any atom is -0.729 e. The van der Waals surface area contributed by atoms with E-state index in [1.165, 1.54) is 0 Å². The van der Waals surface area contributed by atoms with Gasteiger partial charge in [0.25, 0.3) is 0 Å². The van der Waals surface area contributed by atoms with Crippen LogP contribution in [0.5, 0.6) is 0 Å². The fraction of sp³-hybridized carbons (Fsp3) is 0.200. The van der Waals surface area contributed by atoms with Gasteiger partial charge in [0.15, 0.2) is 0 Å². The number of nitrogens with one attached hydrogen (secondary N) is 1. The molecule has 1 heterocycles. The van der Waals surface area contributed by atoms with E-state index in [1.807, 2.05) is 6.92 Å². The van der Waals surface area contributed by atoms with E-state index in [2.05, 4.69) is 6.07 Å². The van der Waals surface area contributed by atoms with E-state index in [-0.39, 0.29) is 63.8 Å². The third-order valence-electron chi connectivity index (χ3n) is 0.664. The van der Waals surface area contributed by atoms with Crippen molar-refractivity contribution in [3.8, 4) is 0 Å². The summed E-state index contributed by atoms with van der Waals surface area (Å²) in [7, 11) is 0. The molecule has 0 aliphatic carbocycles. The van der Waals surface area contributed by atoms with Gasteiger partial charge in [-0.05, 0) is 6.92 Å². The van der Waals surface area contributed by atoms with Crippen LogP contribution in [0.2, 0.25) is 0 Å². The first kappa shape index (κ1) is 13.3. The van der Waals surface area contributed by atoms with Gasteiger partial charge in [-0.15, -0.1) is 4.88 Å². The van der Waals surface area contributed by atoms with E-state index >= 15 is 0 Å². The molecule has 0 unspecified atom stereocenters. The largest absolute Gasteiger partial charge is 0.729 e. The molecule has 45 valence electrons. The third-order valence-corrected chi connectivity index (χ3v) is 1.47. The van der Waals surface area contributed by atoms with E-state index in [0.717, 1.165) is 4.88 Å². The summed E-state index contributed by atoms with van der Waals surface area (Å²) in [5.74, 6) is 0. The van der Waals surface area contributed by atoms with Gasteiger partial charge in [-0.3, -0.25) is 17.4 Å². The van der Waals surface area contributed by atoms with Crippen molar-refractivity contribution < 1.29 is 63.8 Å². The molecule has 1 radical (unpaired) electrons. The van der Waals surface area contributed by atoms with Gasteiger partial charge in [0, 0.05) is 63.8 Å². The summed E-state index contributed by atoms with van der Waals surface area (Å²) in [6.07, 6.45) is 0. The summed E-state index contributed by atoms with van der Waals surface area (Å²) < 4.78 is 0. The van der Waals surface area contributed by atoms with E-state index in [9.17, 15) is 0 Å². The molecule has 0 aliphatic heterocycles. The Morgan fingerprint density at radius 3 is 2.33 bits per heavy atom. The SMILES string of the molecule is Cc1[c-]c([NH-])cs1.[U].[Y]. The molecule has 9 heavy (non-hydrogen) atoms. The molecule has 0 fully saturated rings. The smallest absolute Gasteiger partial charge is 0 e. The van der Waals surface area contributed by atoms with Gasteiger partial charge >= 0.3 is 0 Å². The second kappa shape index (κ2) is 6.37. The number of hydrogen-bond acceptors (Lipinski definition) is 1. The van der Waals surface area contributed by atoms with E-state index in [0.29, 0.717) is 5.69 Å². The second-order valence-electron chi connectivity index (χ2n) is 1.33. The number of thiophene rings is 1. The van der Waals surface area contributed by atoms with Gasteiger partial charge in [-0.25, -0.2) is 0 Å². The van der Waals surface area contributed by atoms with E-state index in [1.54, 1.807) is 16.7 Å². The van der Waals surface area contributed by atoms with Crippen LogP contribution in [0.25, 0.3) is 5.73 Å². The maximum absolute atomic E-state index is 6.97. The Morgan fingerprint density at radius 1 is 1.67 bits per heavy atom. The molecule has 1 nitrogen and oxygen atoms in total. The second-order valence-corrected chi connectivity index (χ2v) is 2.41. The Bertz CT molecular complexity index is 149. The monoisotopic (exact) mass is 438 g/mol. The first-order valence-corrected chi connectivity index (χ1v) is 2.86. The minimum atomic E-state index is 0. The van der Waals surface area contributed by atoms with Crippen LogP contribution in [0.1, 0.15) is 4.88 Å².